The van der Waals surface area contributed by atoms with Crippen molar-refractivity contribution in [1.82, 2.24) is 0 Å². The lowest BCUT2D eigenvalue weighted by atomic mass is 10.0. The van der Waals surface area contributed by atoms with E-state index >= 15 is 0 Å². The van der Waals surface area contributed by atoms with Crippen LogP contribution in [0, 0.1) is 0 Å². The van der Waals surface area contributed by atoms with E-state index in [1.165, 1.54) is 35.5 Å². The van der Waals surface area contributed by atoms with Gasteiger partial charge in [0.2, 0.25) is 0 Å². The minimum absolute atomic E-state index is 0.461. The average Bonchev–Trinajstić information content (AvgIpc) is 2.80. The first-order valence-corrected chi connectivity index (χ1v) is 12.6. The smallest absolute Gasteiger partial charge is 0.121 e. The average molecular weight is 437 g/mol. The Balaban J connectivity index is 1.94. The fraction of sp³-hybridized carbons (Fsp3) is 0.333. The molecule has 0 amide bonds. The van der Waals surface area contributed by atoms with Crippen LogP contribution in [0.4, 0.5) is 0 Å². The van der Waals surface area contributed by atoms with Gasteiger partial charge in [-0.15, -0.1) is 23.5 Å². The van der Waals surface area contributed by atoms with Gasteiger partial charge in [-0.1, -0.05) is 106 Å². The minimum Gasteiger partial charge on any atom is -0.390 e. The van der Waals surface area contributed by atoms with Crippen molar-refractivity contribution < 1.29 is 5.11 Å². The molecule has 0 heterocycles. The summed E-state index contributed by atoms with van der Waals surface area (Å²) < 4.78 is -0.505. The molecule has 0 aromatic heterocycles. The molecule has 0 bridgehead atoms. The van der Waals surface area contributed by atoms with Crippen molar-refractivity contribution in [2.45, 2.75) is 65.4 Å². The van der Waals surface area contributed by atoms with Crippen LogP contribution >= 0.6 is 23.5 Å². The molecule has 0 aliphatic carbocycles. The first kappa shape index (κ1) is 23.0. The highest BCUT2D eigenvalue weighted by molar-refractivity contribution is 8.17. The minimum atomic E-state index is -0.505. The molecule has 158 valence electrons. The zero-order valence-corrected chi connectivity index (χ0v) is 19.4. The summed E-state index contributed by atoms with van der Waals surface area (Å²) in [5.74, 6) is 0. The molecule has 0 saturated carbocycles. The van der Waals surface area contributed by atoms with E-state index in [-0.39, 0.29) is 0 Å². The van der Waals surface area contributed by atoms with Crippen molar-refractivity contribution in [2.75, 3.05) is 0 Å². The van der Waals surface area contributed by atoms with E-state index in [1.807, 2.05) is 18.2 Å². The lowest BCUT2D eigenvalue weighted by Gasteiger charge is -2.38. The molecular weight excluding hydrogens is 404 g/mol. The molecule has 0 aliphatic heterocycles. The second kappa shape index (κ2) is 12.2. The van der Waals surface area contributed by atoms with Gasteiger partial charge in [-0.2, -0.15) is 0 Å². The Morgan fingerprint density at radius 3 is 1.63 bits per heavy atom. The Morgan fingerprint density at radius 2 is 1.13 bits per heavy atom. The van der Waals surface area contributed by atoms with Gasteiger partial charge < -0.3 is 5.11 Å². The maximum Gasteiger partial charge on any atom is 0.121 e. The van der Waals surface area contributed by atoms with Gasteiger partial charge in [-0.3, -0.25) is 0 Å². The number of hydrogen-bond donors (Lipinski definition) is 1. The van der Waals surface area contributed by atoms with Crippen LogP contribution in [-0.4, -0.2) is 11.2 Å². The fourth-order valence-corrected chi connectivity index (χ4v) is 6.64. The SMILES string of the molecule is CCCCCCCC(O)C(Sc1ccccc1)(Sc1ccccc1)c1ccccc1. The Labute approximate surface area is 190 Å². The molecule has 3 heteroatoms. The zero-order valence-electron chi connectivity index (χ0n) is 17.7. The maximum absolute atomic E-state index is 11.7. The number of aliphatic hydroxyl groups is 1. The molecule has 0 aliphatic rings. The quantitative estimate of drug-likeness (QED) is 0.176. The predicted molar refractivity (Wildman–Crippen MR) is 132 cm³/mol. The van der Waals surface area contributed by atoms with Gasteiger partial charge >= 0.3 is 0 Å². The highest BCUT2D eigenvalue weighted by atomic mass is 32.2. The van der Waals surface area contributed by atoms with E-state index < -0.39 is 10.2 Å². The third kappa shape index (κ3) is 6.41. The summed E-state index contributed by atoms with van der Waals surface area (Å²) in [6.45, 7) is 2.24. The first-order valence-electron chi connectivity index (χ1n) is 11.0. The van der Waals surface area contributed by atoms with Crippen molar-refractivity contribution in [2.24, 2.45) is 0 Å². The number of hydrogen-bond acceptors (Lipinski definition) is 3. The van der Waals surface area contributed by atoms with Gasteiger partial charge in [0.05, 0.1) is 6.10 Å². The van der Waals surface area contributed by atoms with Gasteiger partial charge in [0.15, 0.2) is 0 Å². The van der Waals surface area contributed by atoms with Crippen LogP contribution in [0.15, 0.2) is 101 Å². The summed E-state index contributed by atoms with van der Waals surface area (Å²) in [5.41, 5.74) is 1.16. The number of benzene rings is 3. The third-order valence-electron chi connectivity index (χ3n) is 5.22. The summed E-state index contributed by atoms with van der Waals surface area (Å²) in [4.78, 5) is 2.35. The highest BCUT2D eigenvalue weighted by Gasteiger charge is 2.41. The molecule has 0 spiro atoms. The Morgan fingerprint density at radius 1 is 0.667 bits per heavy atom. The van der Waals surface area contributed by atoms with Gasteiger partial charge in [0.25, 0.3) is 0 Å². The number of rotatable bonds is 12. The summed E-state index contributed by atoms with van der Waals surface area (Å²) in [6, 6.07) is 31.5. The lowest BCUT2D eigenvalue weighted by molar-refractivity contribution is 0.147. The zero-order chi connectivity index (χ0) is 21.1. The molecule has 30 heavy (non-hydrogen) atoms. The molecule has 3 aromatic carbocycles. The van der Waals surface area contributed by atoms with E-state index in [2.05, 4.69) is 79.7 Å². The number of aliphatic hydroxyl groups excluding tert-OH is 1. The van der Waals surface area contributed by atoms with Gasteiger partial charge in [-0.25, -0.2) is 0 Å². The van der Waals surface area contributed by atoms with Crippen molar-refractivity contribution in [1.29, 1.82) is 0 Å². The first-order chi connectivity index (χ1) is 14.7. The van der Waals surface area contributed by atoms with Crippen molar-refractivity contribution in [3.05, 3.63) is 96.6 Å². The molecule has 1 unspecified atom stereocenters. The molecule has 3 aromatic rings. The van der Waals surface area contributed by atoms with Gasteiger partial charge in [0.1, 0.15) is 4.08 Å². The standard InChI is InChI=1S/C27H32OS2/c1-2-3-4-5-15-22-26(28)27(23-16-9-6-10-17-23,29-24-18-11-7-12-19-24)30-25-20-13-8-14-21-25/h6-14,16-21,26,28H,2-5,15,22H2,1H3. The van der Waals surface area contributed by atoms with Gasteiger partial charge in [0, 0.05) is 9.79 Å². The molecule has 1 atom stereocenters. The largest absolute Gasteiger partial charge is 0.390 e. The van der Waals surface area contributed by atoms with Crippen molar-refractivity contribution >= 4 is 23.5 Å². The van der Waals surface area contributed by atoms with Crippen LogP contribution in [0.5, 0.6) is 0 Å². The molecular formula is C27H32OS2. The van der Waals surface area contributed by atoms with E-state index in [0.29, 0.717) is 0 Å². The summed E-state index contributed by atoms with van der Waals surface area (Å²) >= 11 is 3.55. The van der Waals surface area contributed by atoms with Crippen molar-refractivity contribution in [3.8, 4) is 0 Å². The third-order valence-corrected chi connectivity index (χ3v) is 8.36. The molecule has 0 saturated heterocycles. The molecule has 0 radical (unpaired) electrons. The summed E-state index contributed by atoms with van der Waals surface area (Å²) in [5, 5.41) is 11.7. The van der Waals surface area contributed by atoms with E-state index in [0.717, 1.165) is 18.4 Å². The maximum atomic E-state index is 11.7. The van der Waals surface area contributed by atoms with Crippen LogP contribution < -0.4 is 0 Å². The normalized spacial score (nSPS) is 12.6. The molecule has 3 rings (SSSR count). The Bertz CT molecular complexity index is 795. The molecule has 1 nitrogen and oxygen atoms in total. The van der Waals surface area contributed by atoms with Crippen LogP contribution in [0.25, 0.3) is 0 Å². The van der Waals surface area contributed by atoms with E-state index in [4.69, 9.17) is 0 Å². The highest BCUT2D eigenvalue weighted by Crippen LogP contribution is 2.56. The van der Waals surface area contributed by atoms with Crippen LogP contribution in [0.2, 0.25) is 0 Å². The van der Waals surface area contributed by atoms with Crippen LogP contribution in [0.3, 0.4) is 0 Å². The summed E-state index contributed by atoms with van der Waals surface area (Å²) in [7, 11) is 0. The Hall–Kier alpha value is -1.68. The second-order valence-corrected chi connectivity index (χ2v) is 10.5. The second-order valence-electron chi connectivity index (χ2n) is 7.58. The predicted octanol–water partition coefficient (Wildman–Crippen LogP) is 8.15. The Kier molecular flexibility index (Phi) is 9.38. The summed E-state index contributed by atoms with van der Waals surface area (Å²) in [6.07, 6.45) is 6.35. The topological polar surface area (TPSA) is 20.2 Å². The molecule has 0 fully saturated rings. The molecule has 1 N–H and O–H groups in total. The number of unbranched alkanes of at least 4 members (excludes halogenated alkanes) is 4. The van der Waals surface area contributed by atoms with Gasteiger partial charge in [-0.05, 0) is 36.2 Å². The lowest BCUT2D eigenvalue weighted by Crippen LogP contribution is -2.33. The number of thioether (sulfide) groups is 2. The van der Waals surface area contributed by atoms with Crippen LogP contribution in [-0.2, 0) is 4.08 Å². The van der Waals surface area contributed by atoms with Crippen molar-refractivity contribution in [3.63, 3.8) is 0 Å². The van der Waals surface area contributed by atoms with Crippen LogP contribution in [0.1, 0.15) is 51.0 Å². The van der Waals surface area contributed by atoms with E-state index in [9.17, 15) is 5.11 Å². The van der Waals surface area contributed by atoms with E-state index in [1.54, 1.807) is 23.5 Å². The fourth-order valence-electron chi connectivity index (χ4n) is 3.60. The monoisotopic (exact) mass is 436 g/mol.